The number of β-amino-alcohol motifs (C(OH)–C–C–N with tert-alkyl or cyclic N) is 1. The molecule has 1 atom stereocenters. The fourth-order valence-corrected chi connectivity index (χ4v) is 3.64. The summed E-state index contributed by atoms with van der Waals surface area (Å²) in [7, 11) is 1.62. The van der Waals surface area contributed by atoms with Gasteiger partial charge in [0.05, 0.1) is 17.7 Å². The Morgan fingerprint density at radius 3 is 2.40 bits per heavy atom. The lowest BCUT2D eigenvalue weighted by atomic mass is 10.1. The standard InChI is InChI=1S/C19H22BrFN2O2/c1-25-19-7-2-14(12-17(19)20)18(24)13-22-8-10-23(11-9-22)16-5-3-15(21)4-6-16/h2-7,12,18,24H,8-11,13H2,1H3. The van der Waals surface area contributed by atoms with Crippen molar-refractivity contribution in [2.45, 2.75) is 6.10 Å². The maximum Gasteiger partial charge on any atom is 0.133 e. The molecule has 2 aromatic rings. The van der Waals surface area contributed by atoms with Gasteiger partial charge in [-0.3, -0.25) is 4.90 Å². The molecule has 0 spiro atoms. The number of hydrogen-bond donors (Lipinski definition) is 1. The molecule has 6 heteroatoms. The Morgan fingerprint density at radius 1 is 1.12 bits per heavy atom. The summed E-state index contributed by atoms with van der Waals surface area (Å²) >= 11 is 3.46. The van der Waals surface area contributed by atoms with Gasteiger partial charge in [-0.15, -0.1) is 0 Å². The van der Waals surface area contributed by atoms with Crippen LogP contribution < -0.4 is 9.64 Å². The van der Waals surface area contributed by atoms with Crippen LogP contribution >= 0.6 is 15.9 Å². The lowest BCUT2D eigenvalue weighted by molar-refractivity contribution is 0.109. The number of halogens is 2. The Morgan fingerprint density at radius 2 is 1.80 bits per heavy atom. The monoisotopic (exact) mass is 408 g/mol. The molecule has 3 rings (SSSR count). The van der Waals surface area contributed by atoms with Crippen LogP contribution in [0.2, 0.25) is 0 Å². The third kappa shape index (κ3) is 4.51. The summed E-state index contributed by atoms with van der Waals surface area (Å²) in [6, 6.07) is 12.3. The second kappa shape index (κ2) is 8.17. The molecule has 2 aromatic carbocycles. The SMILES string of the molecule is COc1ccc(C(O)CN2CCN(c3ccc(F)cc3)CC2)cc1Br. The first-order valence-corrected chi connectivity index (χ1v) is 9.10. The van der Waals surface area contributed by atoms with E-state index in [-0.39, 0.29) is 5.82 Å². The molecular formula is C19H22BrFN2O2. The molecule has 1 unspecified atom stereocenters. The average Bonchev–Trinajstić information content (AvgIpc) is 2.63. The highest BCUT2D eigenvalue weighted by Crippen LogP contribution is 2.28. The Labute approximate surface area is 155 Å². The highest BCUT2D eigenvalue weighted by Gasteiger charge is 2.20. The van der Waals surface area contributed by atoms with E-state index in [2.05, 4.69) is 25.7 Å². The van der Waals surface area contributed by atoms with E-state index in [1.165, 1.54) is 12.1 Å². The Hall–Kier alpha value is -1.63. The van der Waals surface area contributed by atoms with Crippen molar-refractivity contribution in [2.24, 2.45) is 0 Å². The maximum absolute atomic E-state index is 13.0. The van der Waals surface area contributed by atoms with E-state index < -0.39 is 6.10 Å². The molecule has 0 radical (unpaired) electrons. The quantitative estimate of drug-likeness (QED) is 0.821. The molecule has 1 aliphatic heterocycles. The van der Waals surface area contributed by atoms with Crippen molar-refractivity contribution in [1.82, 2.24) is 4.90 Å². The van der Waals surface area contributed by atoms with E-state index in [0.29, 0.717) is 6.54 Å². The summed E-state index contributed by atoms with van der Waals surface area (Å²) in [5.41, 5.74) is 1.91. The van der Waals surface area contributed by atoms with E-state index in [1.807, 2.05) is 30.3 Å². The highest BCUT2D eigenvalue weighted by molar-refractivity contribution is 9.10. The first kappa shape index (κ1) is 18.2. The zero-order valence-corrected chi connectivity index (χ0v) is 15.7. The molecule has 1 heterocycles. The number of nitrogens with zero attached hydrogens (tertiary/aromatic N) is 2. The van der Waals surface area contributed by atoms with Crippen LogP contribution in [0.3, 0.4) is 0 Å². The lowest BCUT2D eigenvalue weighted by Gasteiger charge is -2.37. The van der Waals surface area contributed by atoms with Crippen molar-refractivity contribution in [3.8, 4) is 5.75 Å². The summed E-state index contributed by atoms with van der Waals surface area (Å²) in [5.74, 6) is 0.542. The molecule has 134 valence electrons. The van der Waals surface area contributed by atoms with Gasteiger partial charge < -0.3 is 14.7 Å². The maximum atomic E-state index is 13.0. The topological polar surface area (TPSA) is 35.9 Å². The summed E-state index contributed by atoms with van der Waals surface area (Å²) in [4.78, 5) is 4.50. The van der Waals surface area contributed by atoms with Crippen LogP contribution in [0.15, 0.2) is 46.9 Å². The molecule has 1 fully saturated rings. The number of aliphatic hydroxyl groups is 1. The molecule has 25 heavy (non-hydrogen) atoms. The van der Waals surface area contributed by atoms with Crippen LogP contribution in [0.25, 0.3) is 0 Å². The van der Waals surface area contributed by atoms with E-state index >= 15 is 0 Å². The highest BCUT2D eigenvalue weighted by atomic mass is 79.9. The van der Waals surface area contributed by atoms with E-state index in [0.717, 1.165) is 47.7 Å². The Balaban J connectivity index is 1.54. The second-order valence-corrected chi connectivity index (χ2v) is 7.03. The van der Waals surface area contributed by atoms with E-state index in [4.69, 9.17) is 4.74 Å². The van der Waals surface area contributed by atoms with Gasteiger partial charge in [0.25, 0.3) is 0 Å². The molecule has 0 bridgehead atoms. The number of anilines is 1. The number of methoxy groups -OCH3 is 1. The van der Waals surface area contributed by atoms with Crippen molar-refractivity contribution in [3.63, 3.8) is 0 Å². The molecular weight excluding hydrogens is 387 g/mol. The summed E-state index contributed by atoms with van der Waals surface area (Å²) in [5, 5.41) is 10.5. The normalized spacial score (nSPS) is 16.7. The van der Waals surface area contributed by atoms with Gasteiger partial charge in [0.15, 0.2) is 0 Å². The van der Waals surface area contributed by atoms with Gasteiger partial charge in [0.2, 0.25) is 0 Å². The van der Waals surface area contributed by atoms with E-state index in [9.17, 15) is 9.50 Å². The van der Waals surface area contributed by atoms with Crippen LogP contribution in [0.5, 0.6) is 5.75 Å². The Kier molecular flexibility index (Phi) is 5.93. The zero-order chi connectivity index (χ0) is 17.8. The van der Waals surface area contributed by atoms with Crippen LogP contribution in [0.1, 0.15) is 11.7 Å². The first-order valence-electron chi connectivity index (χ1n) is 8.31. The van der Waals surface area contributed by atoms with E-state index in [1.54, 1.807) is 7.11 Å². The number of benzene rings is 2. The largest absolute Gasteiger partial charge is 0.496 e. The molecule has 0 saturated carbocycles. The molecule has 0 amide bonds. The van der Waals surface area contributed by atoms with Gasteiger partial charge in [0.1, 0.15) is 11.6 Å². The predicted octanol–water partition coefficient (Wildman–Crippen LogP) is 3.45. The lowest BCUT2D eigenvalue weighted by Crippen LogP contribution is -2.47. The first-order chi connectivity index (χ1) is 12.1. The van der Waals surface area contributed by atoms with Crippen molar-refractivity contribution >= 4 is 21.6 Å². The molecule has 0 aromatic heterocycles. The molecule has 1 N–H and O–H groups in total. The fraction of sp³-hybridized carbons (Fsp3) is 0.368. The molecule has 0 aliphatic carbocycles. The molecule has 1 saturated heterocycles. The predicted molar refractivity (Wildman–Crippen MR) is 101 cm³/mol. The number of rotatable bonds is 5. The van der Waals surface area contributed by atoms with Gasteiger partial charge in [-0.25, -0.2) is 4.39 Å². The fourth-order valence-electron chi connectivity index (χ4n) is 3.08. The van der Waals surface area contributed by atoms with Crippen LogP contribution in [0, 0.1) is 5.82 Å². The summed E-state index contributed by atoms with van der Waals surface area (Å²) < 4.78 is 19.1. The van der Waals surface area contributed by atoms with Crippen molar-refractivity contribution in [1.29, 1.82) is 0 Å². The van der Waals surface area contributed by atoms with Crippen molar-refractivity contribution < 1.29 is 14.2 Å². The third-order valence-electron chi connectivity index (χ3n) is 4.56. The summed E-state index contributed by atoms with van der Waals surface area (Å²) in [6.07, 6.45) is -0.542. The third-order valence-corrected chi connectivity index (χ3v) is 5.18. The van der Waals surface area contributed by atoms with Gasteiger partial charge in [0, 0.05) is 38.4 Å². The van der Waals surface area contributed by atoms with Gasteiger partial charge in [-0.05, 0) is 57.9 Å². The number of ether oxygens (including phenoxy) is 1. The van der Waals surface area contributed by atoms with Crippen LogP contribution in [-0.4, -0.2) is 49.8 Å². The minimum Gasteiger partial charge on any atom is -0.496 e. The number of piperazine rings is 1. The van der Waals surface area contributed by atoms with Crippen molar-refractivity contribution in [2.75, 3.05) is 44.7 Å². The van der Waals surface area contributed by atoms with Gasteiger partial charge >= 0.3 is 0 Å². The van der Waals surface area contributed by atoms with Crippen molar-refractivity contribution in [3.05, 3.63) is 58.3 Å². The minimum atomic E-state index is -0.542. The second-order valence-electron chi connectivity index (χ2n) is 6.17. The van der Waals surface area contributed by atoms with Crippen LogP contribution in [-0.2, 0) is 0 Å². The molecule has 1 aliphatic rings. The smallest absolute Gasteiger partial charge is 0.133 e. The van der Waals surface area contributed by atoms with Gasteiger partial charge in [-0.1, -0.05) is 6.07 Å². The minimum absolute atomic E-state index is 0.212. The molecule has 4 nitrogen and oxygen atoms in total. The zero-order valence-electron chi connectivity index (χ0n) is 14.2. The average molecular weight is 409 g/mol. The van der Waals surface area contributed by atoms with Gasteiger partial charge in [-0.2, -0.15) is 0 Å². The van der Waals surface area contributed by atoms with Crippen LogP contribution in [0.4, 0.5) is 10.1 Å². The summed E-state index contributed by atoms with van der Waals surface area (Å²) in [6.45, 7) is 4.06. The number of aliphatic hydroxyl groups excluding tert-OH is 1. The number of hydrogen-bond acceptors (Lipinski definition) is 4. The Bertz CT molecular complexity index is 703.